The molecule has 1 rings (SSSR count). The van der Waals surface area contributed by atoms with E-state index in [9.17, 15) is 4.79 Å². The van der Waals surface area contributed by atoms with E-state index in [0.717, 1.165) is 23.6 Å². The summed E-state index contributed by atoms with van der Waals surface area (Å²) >= 11 is 6.10. The van der Waals surface area contributed by atoms with Gasteiger partial charge in [-0.1, -0.05) is 11.3 Å². The maximum atomic E-state index is 10.7. The lowest BCUT2D eigenvalue weighted by Gasteiger charge is -2.06. The summed E-state index contributed by atoms with van der Waals surface area (Å²) in [4.78, 5) is 13.4. The zero-order valence-electron chi connectivity index (χ0n) is 7.22. The molecule has 0 atom stereocenters. The maximum Gasteiger partial charge on any atom is 0.304 e. The molecule has 0 aliphatic heterocycles. The molecule has 1 heterocycles. The molecule has 0 saturated carbocycles. The molecule has 0 saturated heterocycles. The lowest BCUT2D eigenvalue weighted by Crippen LogP contribution is -2.34. The topological polar surface area (TPSA) is 56.9 Å². The van der Waals surface area contributed by atoms with Crippen LogP contribution in [0.5, 0.6) is 0 Å². The summed E-state index contributed by atoms with van der Waals surface area (Å²) in [7, 11) is 0. The molecule has 1 aromatic rings. The van der Waals surface area contributed by atoms with Crippen LogP contribution in [-0.4, -0.2) is 16.6 Å². The number of thiocarbonyl (C=S) groups is 1. The second kappa shape index (κ2) is 4.98. The Morgan fingerprint density at radius 3 is 3.00 bits per heavy atom. The number of aromatic amines is 1. The zero-order chi connectivity index (χ0) is 9.68. The van der Waals surface area contributed by atoms with E-state index in [2.05, 4.69) is 15.6 Å². The number of thiazole rings is 1. The minimum Gasteiger partial charge on any atom is -0.363 e. The average Bonchev–Trinajstić information content (AvgIpc) is 2.49. The number of H-pyrrole nitrogens is 1. The Labute approximate surface area is 85.4 Å². The van der Waals surface area contributed by atoms with Crippen LogP contribution in [0.3, 0.4) is 0 Å². The standard InChI is InChI=1S/C7H11N3OS2/c1-2-8-6(12)9-3-5-4-13-7(11)10-5/h4H,2-3H2,1H3,(H,10,11)(H2,8,9,12). The van der Waals surface area contributed by atoms with E-state index in [1.807, 2.05) is 6.92 Å². The molecule has 3 N–H and O–H groups in total. The number of hydrogen-bond donors (Lipinski definition) is 3. The lowest BCUT2D eigenvalue weighted by atomic mass is 10.5. The van der Waals surface area contributed by atoms with Crippen molar-refractivity contribution < 1.29 is 0 Å². The molecule has 0 radical (unpaired) electrons. The molecule has 6 heteroatoms. The molecule has 0 aromatic carbocycles. The van der Waals surface area contributed by atoms with E-state index in [-0.39, 0.29) is 4.87 Å². The first-order chi connectivity index (χ1) is 6.22. The van der Waals surface area contributed by atoms with Crippen LogP contribution < -0.4 is 15.5 Å². The highest BCUT2D eigenvalue weighted by Crippen LogP contribution is 1.93. The van der Waals surface area contributed by atoms with Gasteiger partial charge in [0.2, 0.25) is 0 Å². The fraction of sp³-hybridized carbons (Fsp3) is 0.429. The molecule has 0 amide bonds. The minimum absolute atomic E-state index is 0.0360. The zero-order valence-corrected chi connectivity index (χ0v) is 8.85. The van der Waals surface area contributed by atoms with Gasteiger partial charge in [0.1, 0.15) is 0 Å². The Morgan fingerprint density at radius 2 is 2.46 bits per heavy atom. The molecule has 1 aromatic heterocycles. The first kappa shape index (κ1) is 10.2. The maximum absolute atomic E-state index is 10.7. The molecular formula is C7H11N3OS2. The molecule has 0 unspecified atom stereocenters. The van der Waals surface area contributed by atoms with E-state index >= 15 is 0 Å². The van der Waals surface area contributed by atoms with Gasteiger partial charge < -0.3 is 15.6 Å². The summed E-state index contributed by atoms with van der Waals surface area (Å²) in [6.07, 6.45) is 0. The third-order valence-electron chi connectivity index (χ3n) is 1.35. The van der Waals surface area contributed by atoms with E-state index < -0.39 is 0 Å². The Kier molecular flexibility index (Phi) is 3.91. The van der Waals surface area contributed by atoms with Gasteiger partial charge in [0.15, 0.2) is 5.11 Å². The van der Waals surface area contributed by atoms with Gasteiger partial charge in [-0.15, -0.1) is 0 Å². The van der Waals surface area contributed by atoms with E-state index in [1.165, 1.54) is 0 Å². The number of nitrogens with one attached hydrogen (secondary N) is 3. The number of hydrogen-bond acceptors (Lipinski definition) is 3. The normalized spacial score (nSPS) is 9.62. The summed E-state index contributed by atoms with van der Waals surface area (Å²) in [5, 5.41) is 8.31. The van der Waals surface area contributed by atoms with E-state index in [0.29, 0.717) is 11.7 Å². The molecule has 0 aliphatic carbocycles. The predicted molar refractivity (Wildman–Crippen MR) is 58.1 cm³/mol. The third-order valence-corrected chi connectivity index (χ3v) is 2.35. The van der Waals surface area contributed by atoms with Gasteiger partial charge in [-0.25, -0.2) is 0 Å². The predicted octanol–water partition coefficient (Wildman–Crippen LogP) is 0.420. The van der Waals surface area contributed by atoms with Gasteiger partial charge in [-0.3, -0.25) is 4.79 Å². The van der Waals surface area contributed by atoms with Crippen LogP contribution in [0, 0.1) is 0 Å². The van der Waals surface area contributed by atoms with E-state index in [4.69, 9.17) is 12.2 Å². The highest BCUT2D eigenvalue weighted by molar-refractivity contribution is 7.80. The quantitative estimate of drug-likeness (QED) is 0.642. The highest BCUT2D eigenvalue weighted by atomic mass is 32.1. The molecule has 0 bridgehead atoms. The van der Waals surface area contributed by atoms with Crippen molar-refractivity contribution in [3.63, 3.8) is 0 Å². The van der Waals surface area contributed by atoms with Crippen LogP contribution in [0.2, 0.25) is 0 Å². The summed E-state index contributed by atoms with van der Waals surface area (Å²) in [5.74, 6) is 0. The Bertz CT molecular complexity index is 330. The van der Waals surface area contributed by atoms with Crippen LogP contribution >= 0.6 is 23.6 Å². The average molecular weight is 217 g/mol. The molecule has 0 aliphatic rings. The second-order valence-corrected chi connectivity index (χ2v) is 3.64. The highest BCUT2D eigenvalue weighted by Gasteiger charge is 1.96. The Morgan fingerprint density at radius 1 is 1.69 bits per heavy atom. The van der Waals surface area contributed by atoms with Gasteiger partial charge in [-0.05, 0) is 19.1 Å². The monoisotopic (exact) mass is 217 g/mol. The first-order valence-electron chi connectivity index (χ1n) is 3.90. The van der Waals surface area contributed by atoms with Crippen molar-refractivity contribution in [2.45, 2.75) is 13.5 Å². The van der Waals surface area contributed by atoms with Crippen molar-refractivity contribution in [3.8, 4) is 0 Å². The van der Waals surface area contributed by atoms with Gasteiger partial charge in [0.25, 0.3) is 0 Å². The van der Waals surface area contributed by atoms with E-state index in [1.54, 1.807) is 5.38 Å². The lowest BCUT2D eigenvalue weighted by molar-refractivity contribution is 0.835. The summed E-state index contributed by atoms with van der Waals surface area (Å²) in [5.41, 5.74) is 0.857. The van der Waals surface area contributed by atoms with Crippen molar-refractivity contribution in [2.24, 2.45) is 0 Å². The Balaban J connectivity index is 2.35. The molecular weight excluding hydrogens is 206 g/mol. The van der Waals surface area contributed by atoms with Crippen LogP contribution in [0.25, 0.3) is 0 Å². The number of aromatic nitrogens is 1. The van der Waals surface area contributed by atoms with Crippen molar-refractivity contribution in [2.75, 3.05) is 6.54 Å². The first-order valence-corrected chi connectivity index (χ1v) is 5.19. The molecule has 72 valence electrons. The van der Waals surface area contributed by atoms with Crippen molar-refractivity contribution in [1.82, 2.24) is 15.6 Å². The third kappa shape index (κ3) is 3.56. The van der Waals surface area contributed by atoms with Gasteiger partial charge in [0.05, 0.1) is 6.54 Å². The van der Waals surface area contributed by atoms with Crippen LogP contribution in [0.15, 0.2) is 10.2 Å². The smallest absolute Gasteiger partial charge is 0.304 e. The SMILES string of the molecule is CCNC(=S)NCc1csc(=O)[nH]1. The molecule has 4 nitrogen and oxygen atoms in total. The summed E-state index contributed by atoms with van der Waals surface area (Å²) < 4.78 is 0. The largest absolute Gasteiger partial charge is 0.363 e. The summed E-state index contributed by atoms with van der Waals surface area (Å²) in [6, 6.07) is 0. The molecule has 0 spiro atoms. The van der Waals surface area contributed by atoms with Crippen molar-refractivity contribution in [1.29, 1.82) is 0 Å². The molecule has 0 fully saturated rings. The van der Waals surface area contributed by atoms with Crippen LogP contribution in [0.1, 0.15) is 12.6 Å². The fourth-order valence-corrected chi connectivity index (χ4v) is 1.60. The Hall–Kier alpha value is -0.880. The van der Waals surface area contributed by atoms with Crippen LogP contribution in [0.4, 0.5) is 0 Å². The van der Waals surface area contributed by atoms with Crippen molar-refractivity contribution >= 4 is 28.7 Å². The van der Waals surface area contributed by atoms with Gasteiger partial charge in [-0.2, -0.15) is 0 Å². The van der Waals surface area contributed by atoms with Crippen LogP contribution in [-0.2, 0) is 6.54 Å². The minimum atomic E-state index is -0.0360. The molecule has 13 heavy (non-hydrogen) atoms. The second-order valence-electron chi connectivity index (χ2n) is 2.39. The fourth-order valence-electron chi connectivity index (χ4n) is 0.799. The van der Waals surface area contributed by atoms with Crippen molar-refractivity contribution in [3.05, 3.63) is 20.7 Å². The van der Waals surface area contributed by atoms with Gasteiger partial charge >= 0.3 is 4.87 Å². The summed E-state index contributed by atoms with van der Waals surface area (Å²) in [6.45, 7) is 3.33. The van der Waals surface area contributed by atoms with Gasteiger partial charge in [0, 0.05) is 17.6 Å². The number of rotatable bonds is 3.